The van der Waals surface area contributed by atoms with Crippen LogP contribution in [0, 0.1) is 13.8 Å². The molecule has 3 rings (SSSR count). The number of aromatic nitrogens is 1. The molecule has 0 radical (unpaired) electrons. The zero-order chi connectivity index (χ0) is 18.1. The molecule has 0 aliphatic heterocycles. The number of fused-ring (bicyclic) bond motifs is 1. The third kappa shape index (κ3) is 3.89. The monoisotopic (exact) mass is 394 g/mol. The first kappa shape index (κ1) is 18.0. The van der Waals surface area contributed by atoms with E-state index in [0.29, 0.717) is 20.9 Å². The minimum Gasteiger partial charge on any atom is -0.479 e. The number of nitrogens with zero attached hydrogens (tertiary/aromatic N) is 1. The molecule has 1 heterocycles. The lowest BCUT2D eigenvalue weighted by Crippen LogP contribution is -2.30. The summed E-state index contributed by atoms with van der Waals surface area (Å²) in [4.78, 5) is 16.9. The zero-order valence-electron chi connectivity index (χ0n) is 13.9. The van der Waals surface area contributed by atoms with Crippen molar-refractivity contribution < 1.29 is 9.53 Å². The molecule has 4 nitrogen and oxygen atoms in total. The second kappa shape index (κ2) is 7.20. The van der Waals surface area contributed by atoms with E-state index in [1.54, 1.807) is 25.1 Å². The average molecular weight is 395 g/mol. The number of anilines is 1. The summed E-state index contributed by atoms with van der Waals surface area (Å²) in [6, 6.07) is 8.94. The lowest BCUT2D eigenvalue weighted by atomic mass is 10.1. The summed E-state index contributed by atoms with van der Waals surface area (Å²) in [6.45, 7) is 5.69. The summed E-state index contributed by atoms with van der Waals surface area (Å²) in [6.07, 6.45) is -0.729. The molecule has 3 aromatic rings. The van der Waals surface area contributed by atoms with Gasteiger partial charge < -0.3 is 4.74 Å². The van der Waals surface area contributed by atoms with E-state index in [1.807, 2.05) is 19.9 Å². The predicted octanol–water partition coefficient (Wildman–Crippen LogP) is 5.63. The maximum Gasteiger partial charge on any atom is 0.266 e. The van der Waals surface area contributed by atoms with Gasteiger partial charge in [0.15, 0.2) is 11.2 Å². The molecule has 130 valence electrons. The topological polar surface area (TPSA) is 51.2 Å². The number of aryl methyl sites for hydroxylation is 2. The highest BCUT2D eigenvalue weighted by Gasteiger charge is 2.18. The Kier molecular flexibility index (Phi) is 5.18. The smallest absolute Gasteiger partial charge is 0.266 e. The number of halogens is 2. The Hall–Kier alpha value is -1.82. The molecule has 0 unspecified atom stereocenters. The molecule has 1 aromatic heterocycles. The van der Waals surface area contributed by atoms with Crippen molar-refractivity contribution in [3.05, 3.63) is 51.5 Å². The van der Waals surface area contributed by atoms with Gasteiger partial charge in [-0.1, -0.05) is 46.7 Å². The second-order valence-electron chi connectivity index (χ2n) is 5.72. The summed E-state index contributed by atoms with van der Waals surface area (Å²) in [7, 11) is 0. The second-order valence-corrected chi connectivity index (χ2v) is 7.56. The first-order valence-electron chi connectivity index (χ1n) is 7.64. The third-order valence-corrected chi connectivity index (χ3v) is 5.38. The van der Waals surface area contributed by atoms with Gasteiger partial charge in [-0.2, -0.15) is 0 Å². The maximum absolute atomic E-state index is 12.4. The molecule has 25 heavy (non-hydrogen) atoms. The highest BCUT2D eigenvalue weighted by molar-refractivity contribution is 7.22. The van der Waals surface area contributed by atoms with Gasteiger partial charge >= 0.3 is 0 Å². The Bertz CT molecular complexity index is 917. The summed E-state index contributed by atoms with van der Waals surface area (Å²) in [5, 5.41) is 4.23. The molecule has 0 bridgehead atoms. The minimum absolute atomic E-state index is 0.291. The molecule has 2 aromatic carbocycles. The molecule has 0 aliphatic rings. The first-order valence-corrected chi connectivity index (χ1v) is 9.21. The van der Waals surface area contributed by atoms with Crippen LogP contribution in [-0.4, -0.2) is 17.0 Å². The van der Waals surface area contributed by atoms with Gasteiger partial charge in [0.05, 0.1) is 15.2 Å². The van der Waals surface area contributed by atoms with Crippen LogP contribution >= 0.6 is 34.5 Å². The van der Waals surface area contributed by atoms with Gasteiger partial charge in [-0.3, -0.25) is 10.1 Å². The van der Waals surface area contributed by atoms with Crippen molar-refractivity contribution in [2.24, 2.45) is 0 Å². The largest absolute Gasteiger partial charge is 0.479 e. The van der Waals surface area contributed by atoms with Crippen LogP contribution in [0.2, 0.25) is 10.0 Å². The normalized spacial score (nSPS) is 12.2. The van der Waals surface area contributed by atoms with Crippen molar-refractivity contribution >= 4 is 55.8 Å². The Morgan fingerprint density at radius 2 is 1.92 bits per heavy atom. The number of hydrogen-bond donors (Lipinski definition) is 1. The van der Waals surface area contributed by atoms with Crippen molar-refractivity contribution in [1.82, 2.24) is 4.98 Å². The molecule has 0 aliphatic carbocycles. The highest BCUT2D eigenvalue weighted by atomic mass is 35.5. The first-order chi connectivity index (χ1) is 11.8. The summed E-state index contributed by atoms with van der Waals surface area (Å²) in [5.41, 5.74) is 3.13. The lowest BCUT2D eigenvalue weighted by Gasteiger charge is -2.14. The predicted molar refractivity (Wildman–Crippen MR) is 104 cm³/mol. The highest BCUT2D eigenvalue weighted by Crippen LogP contribution is 2.31. The molecule has 0 spiro atoms. The van der Waals surface area contributed by atoms with Crippen molar-refractivity contribution in [3.8, 4) is 5.75 Å². The molecule has 0 saturated heterocycles. The van der Waals surface area contributed by atoms with Gasteiger partial charge in [-0.25, -0.2) is 4.98 Å². The fraction of sp³-hybridized carbons (Fsp3) is 0.222. The van der Waals surface area contributed by atoms with Gasteiger partial charge in [0, 0.05) is 5.02 Å². The quantitative estimate of drug-likeness (QED) is 0.623. The van der Waals surface area contributed by atoms with Crippen LogP contribution < -0.4 is 10.1 Å². The van der Waals surface area contributed by atoms with E-state index < -0.39 is 6.10 Å². The molecule has 1 N–H and O–H groups in total. The number of benzene rings is 2. The molecule has 0 saturated carbocycles. The number of carbonyl (C=O) groups excluding carboxylic acids is 1. The number of amides is 1. The van der Waals surface area contributed by atoms with E-state index in [-0.39, 0.29) is 5.91 Å². The van der Waals surface area contributed by atoms with E-state index in [4.69, 9.17) is 27.9 Å². The van der Waals surface area contributed by atoms with Crippen LogP contribution in [0.5, 0.6) is 5.75 Å². The number of rotatable bonds is 4. The Labute approximate surface area is 159 Å². The minimum atomic E-state index is -0.729. The molecular weight excluding hydrogens is 379 g/mol. The number of thiazole rings is 1. The molecule has 0 fully saturated rings. The van der Waals surface area contributed by atoms with Crippen LogP contribution in [0.25, 0.3) is 10.2 Å². The van der Waals surface area contributed by atoms with Crippen molar-refractivity contribution in [2.75, 3.05) is 5.32 Å². The summed E-state index contributed by atoms with van der Waals surface area (Å²) in [5.74, 6) is 0.116. The average Bonchev–Trinajstić information content (AvgIpc) is 2.98. The number of nitrogens with one attached hydrogen (secondary N) is 1. The summed E-state index contributed by atoms with van der Waals surface area (Å²) >= 11 is 13.4. The molecule has 7 heteroatoms. The molecule has 1 amide bonds. The number of ether oxygens (including phenoxy) is 1. The van der Waals surface area contributed by atoms with Gasteiger partial charge in [0.1, 0.15) is 5.75 Å². The Morgan fingerprint density at radius 3 is 2.60 bits per heavy atom. The van der Waals surface area contributed by atoms with Crippen molar-refractivity contribution in [2.45, 2.75) is 26.9 Å². The number of hydrogen-bond acceptors (Lipinski definition) is 4. The zero-order valence-corrected chi connectivity index (χ0v) is 16.2. The Morgan fingerprint density at radius 1 is 1.20 bits per heavy atom. The standard InChI is InChI=1S/C18H16Cl2N2O2S/c1-9-4-5-10(2)16-15(9)21-18(25-16)22-17(23)11(3)24-14-7-6-12(19)8-13(14)20/h4-8,11H,1-3H3,(H,21,22,23)/t11-/m0/s1. The Balaban J connectivity index is 1.75. The van der Waals surface area contributed by atoms with E-state index in [1.165, 1.54) is 11.3 Å². The van der Waals surface area contributed by atoms with Crippen LogP contribution in [0.15, 0.2) is 30.3 Å². The van der Waals surface area contributed by atoms with Crippen LogP contribution in [0.3, 0.4) is 0 Å². The van der Waals surface area contributed by atoms with E-state index >= 15 is 0 Å². The molecular formula is C18H16Cl2N2O2S. The fourth-order valence-corrected chi connectivity index (χ4v) is 3.80. The van der Waals surface area contributed by atoms with E-state index in [0.717, 1.165) is 21.3 Å². The summed E-state index contributed by atoms with van der Waals surface area (Å²) < 4.78 is 6.70. The van der Waals surface area contributed by atoms with E-state index in [9.17, 15) is 4.79 Å². The van der Waals surface area contributed by atoms with Crippen LogP contribution in [-0.2, 0) is 4.79 Å². The van der Waals surface area contributed by atoms with Crippen molar-refractivity contribution in [1.29, 1.82) is 0 Å². The molecule has 1 atom stereocenters. The van der Waals surface area contributed by atoms with Gasteiger partial charge in [0.2, 0.25) is 0 Å². The maximum atomic E-state index is 12.4. The van der Waals surface area contributed by atoms with Crippen LogP contribution in [0.4, 0.5) is 5.13 Å². The number of carbonyl (C=O) groups is 1. The van der Waals surface area contributed by atoms with E-state index in [2.05, 4.69) is 16.4 Å². The lowest BCUT2D eigenvalue weighted by molar-refractivity contribution is -0.122. The SMILES string of the molecule is Cc1ccc(C)c2sc(NC(=O)[C@H](C)Oc3ccc(Cl)cc3Cl)nc12. The fourth-order valence-electron chi connectivity index (χ4n) is 2.33. The van der Waals surface area contributed by atoms with Gasteiger partial charge in [0.25, 0.3) is 5.91 Å². The van der Waals surface area contributed by atoms with Gasteiger partial charge in [-0.15, -0.1) is 0 Å². The third-order valence-electron chi connectivity index (χ3n) is 3.74. The van der Waals surface area contributed by atoms with Gasteiger partial charge in [-0.05, 0) is 50.1 Å². The van der Waals surface area contributed by atoms with Crippen molar-refractivity contribution in [3.63, 3.8) is 0 Å². The van der Waals surface area contributed by atoms with Crippen LogP contribution in [0.1, 0.15) is 18.1 Å².